The third-order valence-electron chi connectivity index (χ3n) is 4.72. The van der Waals surface area contributed by atoms with Gasteiger partial charge in [0.1, 0.15) is 11.6 Å². The van der Waals surface area contributed by atoms with Gasteiger partial charge in [-0.05, 0) is 42.9 Å². The van der Waals surface area contributed by atoms with Crippen LogP contribution in [-0.4, -0.2) is 17.1 Å². The number of hydrogen-bond donors (Lipinski definition) is 1. The van der Waals surface area contributed by atoms with Gasteiger partial charge in [-0.3, -0.25) is 4.79 Å². The Morgan fingerprint density at radius 1 is 1.33 bits per heavy atom. The normalized spacial score (nSPS) is 20.5. The van der Waals surface area contributed by atoms with Gasteiger partial charge in [-0.15, -0.1) is 0 Å². The van der Waals surface area contributed by atoms with E-state index in [2.05, 4.69) is 10.5 Å². The molecular formula is C19H23FN2O2. The summed E-state index contributed by atoms with van der Waals surface area (Å²) in [6, 6.07) is 8.45. The van der Waals surface area contributed by atoms with Crippen LogP contribution in [0.25, 0.3) is 0 Å². The summed E-state index contributed by atoms with van der Waals surface area (Å²) in [7, 11) is 0. The average Bonchev–Trinajstić information content (AvgIpc) is 3.19. The summed E-state index contributed by atoms with van der Waals surface area (Å²) in [5.41, 5.74) is 1.44. The summed E-state index contributed by atoms with van der Waals surface area (Å²) in [6.07, 6.45) is 3.97. The molecule has 1 aliphatic rings. The second-order valence-corrected chi connectivity index (χ2v) is 6.87. The quantitative estimate of drug-likeness (QED) is 0.899. The Hall–Kier alpha value is -2.17. The van der Waals surface area contributed by atoms with Crippen LogP contribution in [0.1, 0.15) is 60.8 Å². The van der Waals surface area contributed by atoms with Crippen LogP contribution in [0, 0.1) is 11.7 Å². The maximum atomic E-state index is 13.0. The van der Waals surface area contributed by atoms with Crippen molar-refractivity contribution in [2.45, 2.75) is 51.5 Å². The van der Waals surface area contributed by atoms with E-state index in [0.717, 1.165) is 37.0 Å². The number of hydrogen-bond acceptors (Lipinski definition) is 3. The van der Waals surface area contributed by atoms with Gasteiger partial charge in [0, 0.05) is 18.0 Å². The Morgan fingerprint density at radius 3 is 2.75 bits per heavy atom. The zero-order chi connectivity index (χ0) is 17.1. The molecule has 0 spiro atoms. The lowest BCUT2D eigenvalue weighted by Gasteiger charge is -2.20. The lowest BCUT2D eigenvalue weighted by molar-refractivity contribution is 0.0918. The Bertz CT molecular complexity index is 694. The molecule has 128 valence electrons. The molecule has 5 heteroatoms. The van der Waals surface area contributed by atoms with E-state index in [0.29, 0.717) is 11.6 Å². The van der Waals surface area contributed by atoms with E-state index in [4.69, 9.17) is 4.52 Å². The molecule has 2 atom stereocenters. The molecule has 1 fully saturated rings. The first kappa shape index (κ1) is 16.7. The first-order valence-corrected chi connectivity index (χ1v) is 8.55. The van der Waals surface area contributed by atoms with Crippen LogP contribution in [0.15, 0.2) is 34.9 Å². The van der Waals surface area contributed by atoms with E-state index in [-0.39, 0.29) is 23.7 Å². The summed E-state index contributed by atoms with van der Waals surface area (Å²) in [5.74, 6) is 0.894. The van der Waals surface area contributed by atoms with Crippen molar-refractivity contribution in [3.8, 4) is 0 Å². The number of nitrogens with zero attached hydrogens (tertiary/aromatic N) is 1. The monoisotopic (exact) mass is 330 g/mol. The van der Waals surface area contributed by atoms with Crippen molar-refractivity contribution < 1.29 is 13.7 Å². The highest BCUT2D eigenvalue weighted by atomic mass is 19.1. The first-order valence-electron chi connectivity index (χ1n) is 8.55. The van der Waals surface area contributed by atoms with E-state index in [1.54, 1.807) is 6.07 Å². The van der Waals surface area contributed by atoms with Crippen molar-refractivity contribution >= 4 is 5.91 Å². The van der Waals surface area contributed by atoms with Gasteiger partial charge in [-0.2, -0.15) is 0 Å². The minimum absolute atomic E-state index is 0.127. The van der Waals surface area contributed by atoms with E-state index >= 15 is 0 Å². The summed E-state index contributed by atoms with van der Waals surface area (Å²) >= 11 is 0. The SMILES string of the molecule is CC(C)c1cc(C(=O)N[C@@H]2CCC[C@@H]2Cc2ccc(F)cc2)no1. The number of halogens is 1. The van der Waals surface area contributed by atoms with E-state index in [1.807, 2.05) is 26.0 Å². The molecule has 3 rings (SSSR count). The van der Waals surface area contributed by atoms with Gasteiger partial charge >= 0.3 is 0 Å². The number of carbonyl (C=O) groups is 1. The van der Waals surface area contributed by atoms with Crippen LogP contribution in [0.2, 0.25) is 0 Å². The van der Waals surface area contributed by atoms with Gasteiger partial charge in [0.2, 0.25) is 0 Å². The third-order valence-corrected chi connectivity index (χ3v) is 4.72. The molecule has 24 heavy (non-hydrogen) atoms. The molecule has 1 amide bonds. The van der Waals surface area contributed by atoms with Gasteiger partial charge < -0.3 is 9.84 Å². The summed E-state index contributed by atoms with van der Waals surface area (Å²) in [5, 5.41) is 6.96. The lowest BCUT2D eigenvalue weighted by Crippen LogP contribution is -2.38. The van der Waals surface area contributed by atoms with Crippen LogP contribution in [0.3, 0.4) is 0 Å². The molecule has 2 aromatic rings. The molecule has 0 radical (unpaired) electrons. The highest BCUT2D eigenvalue weighted by molar-refractivity contribution is 5.92. The fraction of sp³-hybridized carbons (Fsp3) is 0.474. The minimum Gasteiger partial charge on any atom is -0.360 e. The fourth-order valence-corrected chi connectivity index (χ4v) is 3.31. The molecule has 1 aromatic carbocycles. The minimum atomic E-state index is -0.220. The van der Waals surface area contributed by atoms with E-state index < -0.39 is 0 Å². The Labute approximate surface area is 141 Å². The molecule has 0 aliphatic heterocycles. The third kappa shape index (κ3) is 3.83. The second-order valence-electron chi connectivity index (χ2n) is 6.87. The maximum absolute atomic E-state index is 13.0. The predicted molar refractivity (Wildman–Crippen MR) is 89.3 cm³/mol. The van der Waals surface area contributed by atoms with Gasteiger partial charge in [0.15, 0.2) is 5.69 Å². The fourth-order valence-electron chi connectivity index (χ4n) is 3.31. The summed E-state index contributed by atoms with van der Waals surface area (Å²) < 4.78 is 18.2. The molecule has 0 unspecified atom stereocenters. The van der Waals surface area contributed by atoms with Crippen molar-refractivity contribution in [3.05, 3.63) is 53.2 Å². The predicted octanol–water partition coefficient (Wildman–Crippen LogP) is 4.08. The lowest BCUT2D eigenvalue weighted by atomic mass is 9.94. The second kappa shape index (κ2) is 7.16. The van der Waals surface area contributed by atoms with Crippen molar-refractivity contribution in [1.29, 1.82) is 0 Å². The van der Waals surface area contributed by atoms with Crippen molar-refractivity contribution in [2.24, 2.45) is 5.92 Å². The number of aromatic nitrogens is 1. The van der Waals surface area contributed by atoms with Gasteiger partial charge in [-0.1, -0.05) is 37.6 Å². The smallest absolute Gasteiger partial charge is 0.273 e. The van der Waals surface area contributed by atoms with Crippen LogP contribution in [0.4, 0.5) is 4.39 Å². The molecule has 1 heterocycles. The van der Waals surface area contributed by atoms with Crippen molar-refractivity contribution in [2.75, 3.05) is 0 Å². The maximum Gasteiger partial charge on any atom is 0.273 e. The Morgan fingerprint density at radius 2 is 2.08 bits per heavy atom. The highest BCUT2D eigenvalue weighted by Gasteiger charge is 2.29. The molecule has 1 aliphatic carbocycles. The first-order chi connectivity index (χ1) is 11.5. The topological polar surface area (TPSA) is 55.1 Å². The zero-order valence-electron chi connectivity index (χ0n) is 14.1. The number of benzene rings is 1. The standard InChI is InChI=1S/C19H23FN2O2/c1-12(2)18-11-17(22-24-18)19(23)21-16-5-3-4-14(16)10-13-6-8-15(20)9-7-13/h6-9,11-12,14,16H,3-5,10H2,1-2H3,(H,21,23)/t14-,16-/m1/s1. The molecular weight excluding hydrogens is 307 g/mol. The Balaban J connectivity index is 1.62. The van der Waals surface area contributed by atoms with Gasteiger partial charge in [0.25, 0.3) is 5.91 Å². The number of nitrogens with one attached hydrogen (secondary N) is 1. The summed E-state index contributed by atoms with van der Waals surface area (Å²) in [4.78, 5) is 12.4. The van der Waals surface area contributed by atoms with Crippen LogP contribution < -0.4 is 5.32 Å². The van der Waals surface area contributed by atoms with Gasteiger partial charge in [0.05, 0.1) is 0 Å². The molecule has 1 saturated carbocycles. The largest absolute Gasteiger partial charge is 0.360 e. The average molecular weight is 330 g/mol. The van der Waals surface area contributed by atoms with Crippen molar-refractivity contribution in [3.63, 3.8) is 0 Å². The van der Waals surface area contributed by atoms with Crippen LogP contribution in [-0.2, 0) is 6.42 Å². The van der Waals surface area contributed by atoms with Crippen LogP contribution in [0.5, 0.6) is 0 Å². The van der Waals surface area contributed by atoms with Crippen molar-refractivity contribution in [1.82, 2.24) is 10.5 Å². The summed E-state index contributed by atoms with van der Waals surface area (Å²) in [6.45, 7) is 4.00. The van der Waals surface area contributed by atoms with Gasteiger partial charge in [-0.25, -0.2) is 4.39 Å². The molecule has 1 aromatic heterocycles. The number of rotatable bonds is 5. The van der Waals surface area contributed by atoms with E-state index in [1.165, 1.54) is 12.1 Å². The Kier molecular flexibility index (Phi) is 4.97. The number of carbonyl (C=O) groups excluding carboxylic acids is 1. The highest BCUT2D eigenvalue weighted by Crippen LogP contribution is 2.29. The molecule has 0 bridgehead atoms. The zero-order valence-corrected chi connectivity index (χ0v) is 14.1. The number of amides is 1. The van der Waals surface area contributed by atoms with E-state index in [9.17, 15) is 9.18 Å². The molecule has 1 N–H and O–H groups in total. The molecule has 4 nitrogen and oxygen atoms in total. The molecule has 0 saturated heterocycles. The van der Waals surface area contributed by atoms with Crippen LogP contribution >= 0.6 is 0 Å².